The van der Waals surface area contributed by atoms with Gasteiger partial charge < -0.3 is 10.4 Å². The summed E-state index contributed by atoms with van der Waals surface area (Å²) in [6.07, 6.45) is 6.33. The second-order valence-electron chi connectivity index (χ2n) is 7.01. The summed E-state index contributed by atoms with van der Waals surface area (Å²) in [5.41, 5.74) is 0.263. The molecule has 2 aliphatic carbocycles. The van der Waals surface area contributed by atoms with Gasteiger partial charge in [-0.15, -0.1) is 0 Å². The SMILES string of the molecule is CC1(C)CCCC(C(=O)N[C@H]2CC[C@@H](C(=O)O)C2)C1. The summed E-state index contributed by atoms with van der Waals surface area (Å²) < 4.78 is 0. The zero-order valence-corrected chi connectivity index (χ0v) is 11.9. The average Bonchev–Trinajstić information content (AvgIpc) is 2.76. The molecule has 0 bridgehead atoms. The third-order valence-electron chi connectivity index (χ3n) is 4.70. The first-order valence-corrected chi connectivity index (χ1v) is 7.40. The van der Waals surface area contributed by atoms with E-state index in [1.807, 2.05) is 0 Å². The van der Waals surface area contributed by atoms with Crippen LogP contribution in [0.2, 0.25) is 0 Å². The van der Waals surface area contributed by atoms with E-state index in [0.717, 1.165) is 25.7 Å². The Bertz CT molecular complexity index is 364. The van der Waals surface area contributed by atoms with Crippen LogP contribution in [0.1, 0.15) is 58.8 Å². The fourth-order valence-corrected chi connectivity index (χ4v) is 3.58. The molecule has 0 radical (unpaired) electrons. The average molecular weight is 267 g/mol. The standard InChI is InChI=1S/C15H25NO3/c1-15(2)7-3-4-11(9-15)13(17)16-12-6-5-10(8-12)14(18)19/h10-12H,3-9H2,1-2H3,(H,16,17)(H,18,19)/t10-,11?,12+/m1/s1. The molecular weight excluding hydrogens is 242 g/mol. The van der Waals surface area contributed by atoms with Crippen molar-refractivity contribution in [1.29, 1.82) is 0 Å². The molecule has 2 saturated carbocycles. The number of rotatable bonds is 3. The first-order chi connectivity index (χ1) is 8.87. The van der Waals surface area contributed by atoms with E-state index < -0.39 is 5.97 Å². The molecule has 2 rings (SSSR count). The van der Waals surface area contributed by atoms with Crippen LogP contribution >= 0.6 is 0 Å². The molecule has 0 heterocycles. The van der Waals surface area contributed by atoms with Gasteiger partial charge in [0.1, 0.15) is 0 Å². The number of carboxylic acids is 1. The minimum Gasteiger partial charge on any atom is -0.481 e. The maximum absolute atomic E-state index is 12.3. The van der Waals surface area contributed by atoms with Gasteiger partial charge in [-0.3, -0.25) is 9.59 Å². The van der Waals surface area contributed by atoms with Crippen molar-refractivity contribution in [1.82, 2.24) is 5.32 Å². The van der Waals surface area contributed by atoms with E-state index in [1.165, 1.54) is 6.42 Å². The molecule has 2 N–H and O–H groups in total. The first kappa shape index (κ1) is 14.4. The molecule has 2 fully saturated rings. The molecule has 0 aromatic heterocycles. The lowest BCUT2D eigenvalue weighted by atomic mass is 9.72. The Hall–Kier alpha value is -1.06. The van der Waals surface area contributed by atoms with Crippen LogP contribution in [0, 0.1) is 17.3 Å². The summed E-state index contributed by atoms with van der Waals surface area (Å²) in [7, 11) is 0. The van der Waals surface area contributed by atoms with Crippen LogP contribution in [0.4, 0.5) is 0 Å². The van der Waals surface area contributed by atoms with E-state index in [2.05, 4.69) is 19.2 Å². The van der Waals surface area contributed by atoms with Gasteiger partial charge >= 0.3 is 5.97 Å². The van der Waals surface area contributed by atoms with Gasteiger partial charge in [-0.05, 0) is 43.9 Å². The fourth-order valence-electron chi connectivity index (χ4n) is 3.58. The third kappa shape index (κ3) is 3.71. The van der Waals surface area contributed by atoms with Gasteiger partial charge in [0.15, 0.2) is 0 Å². The maximum Gasteiger partial charge on any atom is 0.306 e. The summed E-state index contributed by atoms with van der Waals surface area (Å²) in [5.74, 6) is -0.736. The van der Waals surface area contributed by atoms with Gasteiger partial charge in [-0.1, -0.05) is 20.3 Å². The van der Waals surface area contributed by atoms with Crippen molar-refractivity contribution in [3.8, 4) is 0 Å². The van der Waals surface area contributed by atoms with Gasteiger partial charge in [-0.2, -0.15) is 0 Å². The van der Waals surface area contributed by atoms with Crippen molar-refractivity contribution in [3.63, 3.8) is 0 Å². The maximum atomic E-state index is 12.3. The minimum atomic E-state index is -0.726. The van der Waals surface area contributed by atoms with E-state index in [-0.39, 0.29) is 29.2 Å². The van der Waals surface area contributed by atoms with Crippen molar-refractivity contribution in [3.05, 3.63) is 0 Å². The fraction of sp³-hybridized carbons (Fsp3) is 0.867. The molecule has 4 heteroatoms. The Kier molecular flexibility index (Phi) is 4.16. The largest absolute Gasteiger partial charge is 0.481 e. The van der Waals surface area contributed by atoms with Crippen molar-refractivity contribution in [2.24, 2.45) is 17.3 Å². The Balaban J connectivity index is 1.83. The van der Waals surface area contributed by atoms with Crippen LogP contribution in [0.25, 0.3) is 0 Å². The lowest BCUT2D eigenvalue weighted by Crippen LogP contribution is -2.40. The van der Waals surface area contributed by atoms with Crippen molar-refractivity contribution < 1.29 is 14.7 Å². The van der Waals surface area contributed by atoms with Crippen LogP contribution in [0.15, 0.2) is 0 Å². The van der Waals surface area contributed by atoms with E-state index in [0.29, 0.717) is 12.8 Å². The highest BCUT2D eigenvalue weighted by Crippen LogP contribution is 2.38. The first-order valence-electron chi connectivity index (χ1n) is 7.40. The van der Waals surface area contributed by atoms with Gasteiger partial charge in [0.2, 0.25) is 5.91 Å². The lowest BCUT2D eigenvalue weighted by Gasteiger charge is -2.34. The molecule has 0 aromatic carbocycles. The van der Waals surface area contributed by atoms with Crippen LogP contribution in [0.3, 0.4) is 0 Å². The number of aliphatic carboxylic acids is 1. The van der Waals surface area contributed by atoms with E-state index in [9.17, 15) is 9.59 Å². The highest BCUT2D eigenvalue weighted by molar-refractivity contribution is 5.79. The molecule has 0 aromatic rings. The highest BCUT2D eigenvalue weighted by atomic mass is 16.4. The Morgan fingerprint density at radius 1 is 1.16 bits per heavy atom. The molecule has 2 aliphatic rings. The molecule has 1 amide bonds. The van der Waals surface area contributed by atoms with E-state index >= 15 is 0 Å². The molecule has 0 saturated heterocycles. The zero-order chi connectivity index (χ0) is 14.0. The molecule has 4 nitrogen and oxygen atoms in total. The van der Waals surface area contributed by atoms with Gasteiger partial charge in [-0.25, -0.2) is 0 Å². The number of amides is 1. The zero-order valence-electron chi connectivity index (χ0n) is 11.9. The van der Waals surface area contributed by atoms with Gasteiger partial charge in [0, 0.05) is 12.0 Å². The van der Waals surface area contributed by atoms with Crippen LogP contribution < -0.4 is 5.32 Å². The topological polar surface area (TPSA) is 66.4 Å². The summed E-state index contributed by atoms with van der Waals surface area (Å²) >= 11 is 0. The van der Waals surface area contributed by atoms with Crippen molar-refractivity contribution >= 4 is 11.9 Å². The quantitative estimate of drug-likeness (QED) is 0.826. The molecular formula is C15H25NO3. The van der Waals surface area contributed by atoms with Crippen LogP contribution in [0.5, 0.6) is 0 Å². The van der Waals surface area contributed by atoms with Gasteiger partial charge in [0.25, 0.3) is 0 Å². The predicted molar refractivity (Wildman–Crippen MR) is 72.6 cm³/mol. The molecule has 0 spiro atoms. The number of carboxylic acid groups (broad SMARTS) is 1. The number of carbonyl (C=O) groups excluding carboxylic acids is 1. The highest BCUT2D eigenvalue weighted by Gasteiger charge is 2.35. The summed E-state index contributed by atoms with van der Waals surface area (Å²) in [6, 6.07) is 0.0682. The predicted octanol–water partition coefficient (Wildman–Crippen LogP) is 2.57. The number of carbonyl (C=O) groups is 2. The molecule has 108 valence electrons. The second-order valence-corrected chi connectivity index (χ2v) is 7.01. The molecule has 1 unspecified atom stereocenters. The second kappa shape index (κ2) is 5.51. The number of hydrogen-bond donors (Lipinski definition) is 2. The number of hydrogen-bond acceptors (Lipinski definition) is 2. The Morgan fingerprint density at radius 3 is 2.47 bits per heavy atom. The van der Waals surface area contributed by atoms with Crippen LogP contribution in [-0.4, -0.2) is 23.0 Å². The monoisotopic (exact) mass is 267 g/mol. The smallest absolute Gasteiger partial charge is 0.306 e. The number of nitrogens with one attached hydrogen (secondary N) is 1. The van der Waals surface area contributed by atoms with E-state index in [4.69, 9.17) is 5.11 Å². The Morgan fingerprint density at radius 2 is 1.89 bits per heavy atom. The summed E-state index contributed by atoms with van der Waals surface area (Å²) in [5, 5.41) is 12.0. The molecule has 0 aliphatic heterocycles. The molecule has 3 atom stereocenters. The minimum absolute atomic E-state index is 0.0682. The Labute approximate surface area is 115 Å². The van der Waals surface area contributed by atoms with Crippen LogP contribution in [-0.2, 0) is 9.59 Å². The van der Waals surface area contributed by atoms with Crippen molar-refractivity contribution in [2.45, 2.75) is 64.8 Å². The van der Waals surface area contributed by atoms with E-state index in [1.54, 1.807) is 0 Å². The van der Waals surface area contributed by atoms with Crippen molar-refractivity contribution in [2.75, 3.05) is 0 Å². The molecule has 19 heavy (non-hydrogen) atoms. The summed E-state index contributed by atoms with van der Waals surface area (Å²) in [6.45, 7) is 4.45. The lowest BCUT2D eigenvalue weighted by molar-refractivity contribution is -0.141. The van der Waals surface area contributed by atoms with Gasteiger partial charge in [0.05, 0.1) is 5.92 Å². The normalized spacial score (nSPS) is 33.9. The third-order valence-corrected chi connectivity index (χ3v) is 4.70. The summed E-state index contributed by atoms with van der Waals surface area (Å²) in [4.78, 5) is 23.2.